The van der Waals surface area contributed by atoms with Crippen molar-refractivity contribution in [1.82, 2.24) is 0 Å². The Morgan fingerprint density at radius 2 is 1.58 bits per heavy atom. The fraction of sp³-hybridized carbons (Fsp3) is 0.188. The minimum Gasteiger partial charge on any atom is -0.481 e. The van der Waals surface area contributed by atoms with Crippen LogP contribution in [0.2, 0.25) is 0 Å². The molecule has 2 aromatic rings. The van der Waals surface area contributed by atoms with Crippen molar-refractivity contribution in [2.75, 3.05) is 0 Å². The van der Waals surface area contributed by atoms with E-state index in [0.717, 1.165) is 16.7 Å². The van der Waals surface area contributed by atoms with Gasteiger partial charge in [-0.15, -0.1) is 0 Å². The molecule has 0 radical (unpaired) electrons. The van der Waals surface area contributed by atoms with Gasteiger partial charge >= 0.3 is 5.97 Å². The zero-order valence-electron chi connectivity index (χ0n) is 10.8. The molecule has 0 saturated heterocycles. The number of carboxylic acid groups (broad SMARTS) is 1. The minimum atomic E-state index is -0.892. The molecule has 98 valence electrons. The number of aliphatic carboxylic acids is 1. The second-order valence-corrected chi connectivity index (χ2v) is 4.93. The molecule has 0 saturated carbocycles. The summed E-state index contributed by atoms with van der Waals surface area (Å²) in [6.07, 6.45) is -0.0856. The molecule has 19 heavy (non-hydrogen) atoms. The van der Waals surface area contributed by atoms with Crippen LogP contribution in [-0.2, 0) is 10.3 Å². The van der Waals surface area contributed by atoms with E-state index < -0.39 is 11.5 Å². The Morgan fingerprint density at radius 1 is 1.05 bits per heavy atom. The Labute approximate surface area is 112 Å². The van der Waals surface area contributed by atoms with Crippen LogP contribution in [0.1, 0.15) is 18.9 Å². The zero-order valence-corrected chi connectivity index (χ0v) is 10.8. The second kappa shape index (κ2) is 5.24. The summed E-state index contributed by atoms with van der Waals surface area (Å²) in [5.74, 6) is -0.892. The Bertz CT molecular complexity index is 559. The monoisotopic (exact) mass is 255 g/mol. The molecule has 0 bridgehead atoms. The summed E-state index contributed by atoms with van der Waals surface area (Å²) in [6, 6.07) is 17.7. The van der Waals surface area contributed by atoms with E-state index >= 15 is 0 Å². The first-order chi connectivity index (χ1) is 8.99. The highest BCUT2D eigenvalue weighted by Crippen LogP contribution is 2.25. The smallest absolute Gasteiger partial charge is 0.305 e. The van der Waals surface area contributed by atoms with Crippen molar-refractivity contribution in [3.05, 3.63) is 60.2 Å². The molecule has 0 aliphatic carbocycles. The molecular formula is C16H17NO2. The Balaban J connectivity index is 2.26. The fourth-order valence-corrected chi connectivity index (χ4v) is 2.09. The lowest BCUT2D eigenvalue weighted by Gasteiger charge is -2.23. The lowest BCUT2D eigenvalue weighted by atomic mass is 9.88. The molecule has 3 nitrogen and oxygen atoms in total. The molecule has 0 amide bonds. The zero-order chi connectivity index (χ0) is 13.9. The molecule has 2 rings (SSSR count). The van der Waals surface area contributed by atoms with Gasteiger partial charge in [-0.2, -0.15) is 0 Å². The largest absolute Gasteiger partial charge is 0.481 e. The van der Waals surface area contributed by atoms with E-state index in [2.05, 4.69) is 0 Å². The summed E-state index contributed by atoms with van der Waals surface area (Å²) < 4.78 is 0. The molecule has 0 spiro atoms. The third-order valence-electron chi connectivity index (χ3n) is 3.17. The maximum atomic E-state index is 10.8. The van der Waals surface area contributed by atoms with Gasteiger partial charge in [-0.1, -0.05) is 54.6 Å². The topological polar surface area (TPSA) is 63.3 Å². The van der Waals surface area contributed by atoms with Crippen LogP contribution in [0, 0.1) is 0 Å². The van der Waals surface area contributed by atoms with Crippen LogP contribution in [0.25, 0.3) is 11.1 Å². The number of benzene rings is 2. The number of rotatable bonds is 4. The Hall–Kier alpha value is -2.13. The van der Waals surface area contributed by atoms with E-state index in [0.29, 0.717) is 0 Å². The van der Waals surface area contributed by atoms with E-state index in [9.17, 15) is 4.79 Å². The van der Waals surface area contributed by atoms with Gasteiger partial charge in [0, 0.05) is 5.54 Å². The SMILES string of the molecule is CC(N)(CC(=O)O)c1ccc(-c2ccccc2)cc1. The summed E-state index contributed by atoms with van der Waals surface area (Å²) in [7, 11) is 0. The Morgan fingerprint density at radius 3 is 2.11 bits per heavy atom. The van der Waals surface area contributed by atoms with Gasteiger partial charge in [-0.3, -0.25) is 4.79 Å². The van der Waals surface area contributed by atoms with Gasteiger partial charge in [-0.05, 0) is 23.6 Å². The van der Waals surface area contributed by atoms with Crippen molar-refractivity contribution in [1.29, 1.82) is 0 Å². The van der Waals surface area contributed by atoms with Gasteiger partial charge in [-0.25, -0.2) is 0 Å². The third kappa shape index (κ3) is 3.20. The Kier molecular flexibility index (Phi) is 3.67. The van der Waals surface area contributed by atoms with Crippen LogP contribution in [-0.4, -0.2) is 11.1 Å². The van der Waals surface area contributed by atoms with E-state index in [1.165, 1.54) is 0 Å². The molecule has 3 N–H and O–H groups in total. The highest BCUT2D eigenvalue weighted by atomic mass is 16.4. The lowest BCUT2D eigenvalue weighted by molar-refractivity contribution is -0.138. The maximum Gasteiger partial charge on any atom is 0.305 e. The van der Waals surface area contributed by atoms with Crippen LogP contribution in [0.3, 0.4) is 0 Å². The van der Waals surface area contributed by atoms with Crippen molar-refractivity contribution < 1.29 is 9.90 Å². The van der Waals surface area contributed by atoms with E-state index in [-0.39, 0.29) is 6.42 Å². The summed E-state index contributed by atoms with van der Waals surface area (Å²) in [6.45, 7) is 1.73. The third-order valence-corrected chi connectivity index (χ3v) is 3.17. The molecule has 0 aliphatic heterocycles. The average Bonchev–Trinajstić information content (AvgIpc) is 2.38. The molecule has 0 aliphatic rings. The van der Waals surface area contributed by atoms with E-state index in [4.69, 9.17) is 10.8 Å². The highest BCUT2D eigenvalue weighted by molar-refractivity contribution is 5.69. The number of carbonyl (C=O) groups is 1. The van der Waals surface area contributed by atoms with Gasteiger partial charge < -0.3 is 10.8 Å². The predicted octanol–water partition coefficient (Wildman–Crippen LogP) is 3.00. The van der Waals surface area contributed by atoms with Crippen LogP contribution >= 0.6 is 0 Å². The second-order valence-electron chi connectivity index (χ2n) is 4.93. The first-order valence-corrected chi connectivity index (χ1v) is 6.16. The maximum absolute atomic E-state index is 10.8. The lowest BCUT2D eigenvalue weighted by Crippen LogP contribution is -2.35. The molecular weight excluding hydrogens is 238 g/mol. The number of nitrogens with two attached hydrogens (primary N) is 1. The predicted molar refractivity (Wildman–Crippen MR) is 75.7 cm³/mol. The first-order valence-electron chi connectivity index (χ1n) is 6.16. The first kappa shape index (κ1) is 13.3. The van der Waals surface area contributed by atoms with Crippen LogP contribution < -0.4 is 5.73 Å². The number of carboxylic acids is 1. The van der Waals surface area contributed by atoms with Gasteiger partial charge in [0.2, 0.25) is 0 Å². The molecule has 0 aromatic heterocycles. The fourth-order valence-electron chi connectivity index (χ4n) is 2.09. The van der Waals surface area contributed by atoms with Crippen molar-refractivity contribution in [2.24, 2.45) is 5.73 Å². The van der Waals surface area contributed by atoms with Gasteiger partial charge in [0.1, 0.15) is 0 Å². The van der Waals surface area contributed by atoms with E-state index in [1.54, 1.807) is 6.92 Å². The minimum absolute atomic E-state index is 0.0856. The van der Waals surface area contributed by atoms with Crippen molar-refractivity contribution in [3.63, 3.8) is 0 Å². The molecule has 1 atom stereocenters. The average molecular weight is 255 g/mol. The van der Waals surface area contributed by atoms with Crippen LogP contribution in [0.4, 0.5) is 0 Å². The van der Waals surface area contributed by atoms with Gasteiger partial charge in [0.15, 0.2) is 0 Å². The van der Waals surface area contributed by atoms with Gasteiger partial charge in [0.25, 0.3) is 0 Å². The van der Waals surface area contributed by atoms with Crippen LogP contribution in [0.5, 0.6) is 0 Å². The van der Waals surface area contributed by atoms with Gasteiger partial charge in [0.05, 0.1) is 6.42 Å². The highest BCUT2D eigenvalue weighted by Gasteiger charge is 2.24. The number of hydrogen-bond acceptors (Lipinski definition) is 2. The van der Waals surface area contributed by atoms with Crippen molar-refractivity contribution in [2.45, 2.75) is 18.9 Å². The summed E-state index contributed by atoms with van der Waals surface area (Å²) in [5.41, 5.74) is 8.25. The molecule has 3 heteroatoms. The van der Waals surface area contributed by atoms with Crippen molar-refractivity contribution in [3.8, 4) is 11.1 Å². The van der Waals surface area contributed by atoms with Crippen molar-refractivity contribution >= 4 is 5.97 Å². The molecule has 2 aromatic carbocycles. The number of hydrogen-bond donors (Lipinski definition) is 2. The molecule has 0 heterocycles. The van der Waals surface area contributed by atoms with E-state index in [1.807, 2.05) is 54.6 Å². The molecule has 0 fully saturated rings. The molecule has 1 unspecified atom stereocenters. The quantitative estimate of drug-likeness (QED) is 0.882. The summed E-state index contributed by atoms with van der Waals surface area (Å²) in [4.78, 5) is 10.8. The summed E-state index contributed by atoms with van der Waals surface area (Å²) in [5, 5.41) is 8.86. The standard InChI is InChI=1S/C16H17NO2/c1-16(17,11-15(18)19)14-9-7-13(8-10-14)12-5-3-2-4-6-12/h2-10H,11,17H2,1H3,(H,18,19). The normalized spacial score (nSPS) is 13.8. The summed E-state index contributed by atoms with van der Waals surface area (Å²) >= 11 is 0. The van der Waals surface area contributed by atoms with Crippen LogP contribution in [0.15, 0.2) is 54.6 Å².